The quantitative estimate of drug-likeness (QED) is 0.546. The zero-order valence-corrected chi connectivity index (χ0v) is 17.3. The van der Waals surface area contributed by atoms with E-state index in [0.29, 0.717) is 34.3 Å². The number of fused-ring (bicyclic) bond motifs is 1. The highest BCUT2D eigenvalue weighted by Gasteiger charge is 2.47. The summed E-state index contributed by atoms with van der Waals surface area (Å²) < 4.78 is 0. The lowest BCUT2D eigenvalue weighted by Gasteiger charge is -2.37. The minimum Gasteiger partial charge on any atom is -0.332 e. The predicted octanol–water partition coefficient (Wildman–Crippen LogP) is 4.90. The van der Waals surface area contributed by atoms with E-state index >= 15 is 0 Å². The van der Waals surface area contributed by atoms with Gasteiger partial charge < -0.3 is 9.80 Å². The Labute approximate surface area is 184 Å². The van der Waals surface area contributed by atoms with Gasteiger partial charge >= 0.3 is 0 Å². The van der Waals surface area contributed by atoms with Crippen molar-refractivity contribution < 1.29 is 9.59 Å². The van der Waals surface area contributed by atoms with Crippen LogP contribution in [0.2, 0.25) is 10.0 Å². The molecule has 1 fully saturated rings. The first kappa shape index (κ1) is 19.0. The van der Waals surface area contributed by atoms with Gasteiger partial charge in [-0.3, -0.25) is 9.59 Å². The molecule has 3 aromatic carbocycles. The van der Waals surface area contributed by atoms with Crippen molar-refractivity contribution in [1.82, 2.24) is 4.90 Å². The summed E-state index contributed by atoms with van der Waals surface area (Å²) in [6, 6.07) is 21.8. The van der Waals surface area contributed by atoms with Crippen LogP contribution in [0.1, 0.15) is 20.7 Å². The molecule has 0 aromatic heterocycles. The lowest BCUT2D eigenvalue weighted by molar-refractivity contribution is 0.0592. The van der Waals surface area contributed by atoms with Gasteiger partial charge in [0.05, 0.1) is 11.1 Å². The Morgan fingerprint density at radius 1 is 0.633 bits per heavy atom. The molecule has 0 atom stereocenters. The van der Waals surface area contributed by atoms with Crippen LogP contribution in [-0.2, 0) is 0 Å². The number of anilines is 2. The zero-order valence-electron chi connectivity index (χ0n) is 15.8. The molecule has 2 amide bonds. The summed E-state index contributed by atoms with van der Waals surface area (Å²) in [4.78, 5) is 32.0. The van der Waals surface area contributed by atoms with E-state index < -0.39 is 6.29 Å². The standard InChI is InChI=1S/C23H17Cl2N3O2/c24-15-5-9-17(10-6-15)26-13-14-27(18-11-7-16(25)8-12-18)23(26)28-21(29)19-3-1-2-4-20(19)22(28)30/h1-12,23H,13-14H2. The van der Waals surface area contributed by atoms with Crippen LogP contribution in [-0.4, -0.2) is 36.1 Å². The number of carbonyl (C=O) groups is 2. The van der Waals surface area contributed by atoms with Gasteiger partial charge in [0.25, 0.3) is 11.8 Å². The Kier molecular flexibility index (Phi) is 4.65. The second-order valence-corrected chi connectivity index (χ2v) is 8.08. The molecule has 0 radical (unpaired) electrons. The molecule has 0 unspecified atom stereocenters. The highest BCUT2D eigenvalue weighted by molar-refractivity contribution is 6.31. The first-order valence-corrected chi connectivity index (χ1v) is 10.3. The van der Waals surface area contributed by atoms with Crippen molar-refractivity contribution >= 4 is 46.4 Å². The number of benzene rings is 3. The first-order valence-electron chi connectivity index (χ1n) is 9.56. The Balaban J connectivity index is 1.60. The molecule has 0 saturated carbocycles. The summed E-state index contributed by atoms with van der Waals surface area (Å²) in [6.07, 6.45) is -0.597. The number of imide groups is 1. The van der Waals surface area contributed by atoms with Crippen LogP contribution in [0.25, 0.3) is 0 Å². The molecular weight excluding hydrogens is 421 g/mol. The number of hydrogen-bond acceptors (Lipinski definition) is 4. The van der Waals surface area contributed by atoms with Crippen molar-refractivity contribution in [2.45, 2.75) is 6.29 Å². The van der Waals surface area contributed by atoms with E-state index in [-0.39, 0.29) is 11.8 Å². The molecule has 7 heteroatoms. The van der Waals surface area contributed by atoms with Crippen LogP contribution >= 0.6 is 23.2 Å². The third-order valence-corrected chi connectivity index (χ3v) is 6.02. The topological polar surface area (TPSA) is 43.9 Å². The van der Waals surface area contributed by atoms with E-state index in [2.05, 4.69) is 0 Å². The molecule has 5 nitrogen and oxygen atoms in total. The lowest BCUT2D eigenvalue weighted by Crippen LogP contribution is -2.55. The summed E-state index contributed by atoms with van der Waals surface area (Å²) >= 11 is 12.1. The summed E-state index contributed by atoms with van der Waals surface area (Å²) in [5.74, 6) is -0.583. The summed E-state index contributed by atoms with van der Waals surface area (Å²) in [5, 5.41) is 1.26. The number of nitrogens with zero attached hydrogens (tertiary/aromatic N) is 3. The maximum absolute atomic E-state index is 13.3. The number of halogens is 2. The van der Waals surface area contributed by atoms with Crippen LogP contribution in [0.3, 0.4) is 0 Å². The minimum atomic E-state index is -0.597. The third kappa shape index (κ3) is 3.02. The Bertz CT molecular complexity index is 1040. The molecule has 0 bridgehead atoms. The monoisotopic (exact) mass is 437 g/mol. The van der Waals surface area contributed by atoms with Gasteiger partial charge in [-0.1, -0.05) is 35.3 Å². The second kappa shape index (κ2) is 7.35. The van der Waals surface area contributed by atoms with Crippen molar-refractivity contribution in [3.05, 3.63) is 94.0 Å². The van der Waals surface area contributed by atoms with Crippen LogP contribution in [0.15, 0.2) is 72.8 Å². The molecule has 2 heterocycles. The van der Waals surface area contributed by atoms with Crippen molar-refractivity contribution in [3.63, 3.8) is 0 Å². The Morgan fingerprint density at radius 3 is 1.43 bits per heavy atom. The van der Waals surface area contributed by atoms with E-state index in [9.17, 15) is 9.59 Å². The van der Waals surface area contributed by atoms with E-state index in [1.807, 2.05) is 34.1 Å². The molecule has 30 heavy (non-hydrogen) atoms. The molecule has 1 saturated heterocycles. The Hall–Kier alpha value is -3.02. The van der Waals surface area contributed by atoms with Crippen molar-refractivity contribution in [3.8, 4) is 0 Å². The van der Waals surface area contributed by atoms with Crippen molar-refractivity contribution in [1.29, 1.82) is 0 Å². The SMILES string of the molecule is O=C1c2ccccc2C(=O)N1C1N(c2ccc(Cl)cc2)CCN1c1ccc(Cl)cc1. The number of carbonyl (C=O) groups excluding carboxylic acids is 2. The van der Waals surface area contributed by atoms with E-state index in [1.165, 1.54) is 4.90 Å². The first-order chi connectivity index (χ1) is 14.5. The summed E-state index contributed by atoms with van der Waals surface area (Å²) in [6.45, 7) is 1.28. The third-order valence-electron chi connectivity index (χ3n) is 5.51. The van der Waals surface area contributed by atoms with Gasteiger partial charge in [0.2, 0.25) is 0 Å². The van der Waals surface area contributed by atoms with Gasteiger partial charge in [0.1, 0.15) is 0 Å². The van der Waals surface area contributed by atoms with Gasteiger partial charge in [-0.15, -0.1) is 0 Å². The fraction of sp³-hybridized carbons (Fsp3) is 0.130. The van der Waals surface area contributed by atoms with Gasteiger partial charge in [-0.25, -0.2) is 4.90 Å². The zero-order chi connectivity index (χ0) is 20.8. The number of amides is 2. The lowest BCUT2D eigenvalue weighted by atomic mass is 10.1. The van der Waals surface area contributed by atoms with Crippen LogP contribution in [0.4, 0.5) is 11.4 Å². The van der Waals surface area contributed by atoms with E-state index in [4.69, 9.17) is 23.2 Å². The smallest absolute Gasteiger partial charge is 0.264 e. The molecule has 2 aliphatic rings. The molecular formula is C23H17Cl2N3O2. The molecule has 150 valence electrons. The summed E-state index contributed by atoms with van der Waals surface area (Å²) in [5.41, 5.74) is 2.64. The fourth-order valence-electron chi connectivity index (χ4n) is 4.10. The van der Waals surface area contributed by atoms with Crippen LogP contribution in [0, 0.1) is 0 Å². The fourth-order valence-corrected chi connectivity index (χ4v) is 4.35. The van der Waals surface area contributed by atoms with Crippen molar-refractivity contribution in [2.75, 3.05) is 22.9 Å². The van der Waals surface area contributed by atoms with E-state index in [1.54, 1.807) is 48.5 Å². The minimum absolute atomic E-state index is 0.291. The highest BCUT2D eigenvalue weighted by Crippen LogP contribution is 2.35. The van der Waals surface area contributed by atoms with Gasteiger partial charge in [0, 0.05) is 34.5 Å². The number of rotatable bonds is 3. The average molecular weight is 438 g/mol. The largest absolute Gasteiger partial charge is 0.332 e. The normalized spacial score (nSPS) is 16.5. The molecule has 0 N–H and O–H groups in total. The number of hydrogen-bond donors (Lipinski definition) is 0. The molecule has 0 aliphatic carbocycles. The maximum atomic E-state index is 13.3. The maximum Gasteiger partial charge on any atom is 0.264 e. The molecule has 2 aliphatic heterocycles. The van der Waals surface area contributed by atoms with E-state index in [0.717, 1.165) is 11.4 Å². The van der Waals surface area contributed by atoms with Gasteiger partial charge in [-0.05, 0) is 60.7 Å². The van der Waals surface area contributed by atoms with Gasteiger partial charge in [0.15, 0.2) is 6.29 Å². The Morgan fingerprint density at radius 2 is 1.03 bits per heavy atom. The molecule has 0 spiro atoms. The molecule has 3 aromatic rings. The highest BCUT2D eigenvalue weighted by atomic mass is 35.5. The van der Waals surface area contributed by atoms with Crippen molar-refractivity contribution in [2.24, 2.45) is 0 Å². The molecule has 5 rings (SSSR count). The predicted molar refractivity (Wildman–Crippen MR) is 118 cm³/mol. The second-order valence-electron chi connectivity index (χ2n) is 7.21. The van der Waals surface area contributed by atoms with Crippen LogP contribution < -0.4 is 9.80 Å². The van der Waals surface area contributed by atoms with Crippen LogP contribution in [0.5, 0.6) is 0 Å². The van der Waals surface area contributed by atoms with Gasteiger partial charge in [-0.2, -0.15) is 0 Å². The summed E-state index contributed by atoms with van der Waals surface area (Å²) in [7, 11) is 0. The average Bonchev–Trinajstić information content (AvgIpc) is 3.29.